The number of carbonyl (C=O) groups is 2. The topological polar surface area (TPSA) is 55.4 Å². The number of rotatable bonds is 5. The molecule has 0 radical (unpaired) electrons. The number of amides is 1. The normalized spacial score (nSPS) is 12.9. The summed E-state index contributed by atoms with van der Waals surface area (Å²) in [5.74, 6) is -1.24. The lowest BCUT2D eigenvalue weighted by Crippen LogP contribution is -2.43. The number of benzene rings is 2. The molecule has 0 aromatic heterocycles. The highest BCUT2D eigenvalue weighted by Crippen LogP contribution is 2.29. The minimum Gasteiger partial charge on any atom is -0.467 e. The van der Waals surface area contributed by atoms with Gasteiger partial charge in [-0.3, -0.25) is 4.79 Å². The van der Waals surface area contributed by atoms with E-state index in [-0.39, 0.29) is 17.4 Å². The van der Waals surface area contributed by atoms with Crippen LogP contribution in [0.1, 0.15) is 47.8 Å². The highest BCUT2D eigenvalue weighted by Gasteiger charge is 2.31. The highest BCUT2D eigenvalue weighted by atomic mass is 19.4. The van der Waals surface area contributed by atoms with Gasteiger partial charge in [0.2, 0.25) is 0 Å². The largest absolute Gasteiger partial charge is 0.467 e. The Morgan fingerprint density at radius 3 is 2.14 bits per heavy atom. The summed E-state index contributed by atoms with van der Waals surface area (Å²) in [4.78, 5) is 24.6. The smallest absolute Gasteiger partial charge is 0.416 e. The van der Waals surface area contributed by atoms with Crippen molar-refractivity contribution < 1.29 is 27.5 Å². The molecule has 1 N–H and O–H groups in total. The van der Waals surface area contributed by atoms with Crippen LogP contribution in [-0.2, 0) is 27.5 Å². The van der Waals surface area contributed by atoms with Gasteiger partial charge < -0.3 is 10.1 Å². The monoisotopic (exact) mass is 407 g/mol. The van der Waals surface area contributed by atoms with Crippen molar-refractivity contribution in [3.05, 3.63) is 70.8 Å². The third-order valence-electron chi connectivity index (χ3n) is 4.50. The van der Waals surface area contributed by atoms with Crippen LogP contribution in [0.15, 0.2) is 48.5 Å². The van der Waals surface area contributed by atoms with Crippen molar-refractivity contribution in [3.63, 3.8) is 0 Å². The minimum absolute atomic E-state index is 0.0763. The number of esters is 1. The van der Waals surface area contributed by atoms with Crippen LogP contribution in [-0.4, -0.2) is 25.0 Å². The Morgan fingerprint density at radius 1 is 1.00 bits per heavy atom. The van der Waals surface area contributed by atoms with E-state index in [1.807, 2.05) is 32.9 Å². The Balaban J connectivity index is 2.19. The maximum Gasteiger partial charge on any atom is 0.416 e. The number of alkyl halides is 3. The lowest BCUT2D eigenvalue weighted by molar-refractivity contribution is -0.142. The summed E-state index contributed by atoms with van der Waals surface area (Å²) in [5.41, 5.74) is 0.757. The van der Waals surface area contributed by atoms with Gasteiger partial charge in [0.25, 0.3) is 5.91 Å². The molecular weight excluding hydrogens is 383 g/mol. The summed E-state index contributed by atoms with van der Waals surface area (Å²) in [5, 5.41) is 2.55. The molecule has 0 spiro atoms. The average molecular weight is 407 g/mol. The number of ether oxygens (including phenoxy) is 1. The summed E-state index contributed by atoms with van der Waals surface area (Å²) >= 11 is 0. The van der Waals surface area contributed by atoms with E-state index in [4.69, 9.17) is 4.74 Å². The predicted octanol–water partition coefficient (Wildman–Crippen LogP) is 4.52. The molecule has 29 heavy (non-hydrogen) atoms. The van der Waals surface area contributed by atoms with Crippen LogP contribution in [0.25, 0.3) is 0 Å². The molecule has 1 amide bonds. The standard InChI is InChI=1S/C22H24F3NO3/c1-21(2,3)16-10-8-15(9-11-16)19(27)26-18(20(28)29-4)13-14-6-5-7-17(12-14)22(23,24)25/h5-12,18H,13H2,1-4H3,(H,26,27)/t18-/m0/s1. The van der Waals surface area contributed by atoms with Crippen LogP contribution >= 0.6 is 0 Å². The summed E-state index contributed by atoms with van der Waals surface area (Å²) in [6.07, 6.45) is -4.61. The second-order valence-electron chi connectivity index (χ2n) is 7.78. The van der Waals surface area contributed by atoms with Gasteiger partial charge in [-0.25, -0.2) is 4.79 Å². The average Bonchev–Trinajstić information content (AvgIpc) is 2.65. The van der Waals surface area contributed by atoms with Crippen molar-refractivity contribution in [3.8, 4) is 0 Å². The van der Waals surface area contributed by atoms with E-state index in [0.717, 1.165) is 24.8 Å². The van der Waals surface area contributed by atoms with E-state index in [9.17, 15) is 22.8 Å². The molecule has 0 saturated heterocycles. The van der Waals surface area contributed by atoms with Gasteiger partial charge in [-0.2, -0.15) is 13.2 Å². The maximum atomic E-state index is 12.9. The molecule has 0 aliphatic rings. The predicted molar refractivity (Wildman–Crippen MR) is 104 cm³/mol. The van der Waals surface area contributed by atoms with E-state index in [0.29, 0.717) is 5.56 Å². The van der Waals surface area contributed by atoms with Gasteiger partial charge in [-0.05, 0) is 34.7 Å². The Labute approximate surface area is 168 Å². The van der Waals surface area contributed by atoms with Crippen molar-refractivity contribution in [1.82, 2.24) is 5.32 Å². The number of methoxy groups -OCH3 is 1. The number of halogens is 3. The molecule has 0 aliphatic heterocycles. The molecule has 156 valence electrons. The zero-order chi connectivity index (χ0) is 21.8. The fourth-order valence-electron chi connectivity index (χ4n) is 2.81. The van der Waals surface area contributed by atoms with Crippen LogP contribution in [0.5, 0.6) is 0 Å². The second-order valence-corrected chi connectivity index (χ2v) is 7.78. The van der Waals surface area contributed by atoms with Crippen LogP contribution in [0, 0.1) is 0 Å². The molecule has 2 aromatic rings. The van der Waals surface area contributed by atoms with E-state index in [1.54, 1.807) is 12.1 Å². The first-order valence-corrected chi connectivity index (χ1v) is 9.07. The zero-order valence-corrected chi connectivity index (χ0v) is 16.8. The third-order valence-corrected chi connectivity index (χ3v) is 4.50. The fourth-order valence-corrected chi connectivity index (χ4v) is 2.81. The molecule has 0 fully saturated rings. The molecule has 7 heteroatoms. The Hall–Kier alpha value is -2.83. The van der Waals surface area contributed by atoms with Gasteiger partial charge in [0.1, 0.15) is 6.04 Å². The van der Waals surface area contributed by atoms with Crippen molar-refractivity contribution >= 4 is 11.9 Å². The second kappa shape index (κ2) is 8.68. The van der Waals surface area contributed by atoms with Crippen LogP contribution < -0.4 is 5.32 Å². The van der Waals surface area contributed by atoms with Crippen molar-refractivity contribution in [2.75, 3.05) is 7.11 Å². The third kappa shape index (κ3) is 6.07. The molecule has 0 heterocycles. The SMILES string of the molecule is COC(=O)[C@H](Cc1cccc(C(F)(F)F)c1)NC(=O)c1ccc(C(C)(C)C)cc1. The number of carbonyl (C=O) groups excluding carboxylic acids is 2. The summed E-state index contributed by atoms with van der Waals surface area (Å²) in [6.45, 7) is 6.14. The van der Waals surface area contributed by atoms with Crippen molar-refractivity contribution in [2.45, 2.75) is 44.8 Å². The molecule has 0 aliphatic carbocycles. The zero-order valence-electron chi connectivity index (χ0n) is 16.8. The molecule has 0 bridgehead atoms. The number of nitrogens with one attached hydrogen (secondary N) is 1. The Bertz CT molecular complexity index is 868. The van der Waals surface area contributed by atoms with Crippen molar-refractivity contribution in [1.29, 1.82) is 0 Å². The molecule has 1 atom stereocenters. The van der Waals surface area contributed by atoms with Gasteiger partial charge in [0.15, 0.2) is 0 Å². The van der Waals surface area contributed by atoms with Crippen molar-refractivity contribution in [2.24, 2.45) is 0 Å². The maximum absolute atomic E-state index is 12.9. The lowest BCUT2D eigenvalue weighted by atomic mass is 9.86. The summed E-state index contributed by atoms with van der Waals surface area (Å²) in [6, 6.07) is 10.5. The Kier molecular flexibility index (Phi) is 6.72. The van der Waals surface area contributed by atoms with E-state index in [2.05, 4.69) is 5.32 Å². The molecule has 4 nitrogen and oxygen atoms in total. The first kappa shape index (κ1) is 22.5. The number of hydrogen-bond acceptors (Lipinski definition) is 3. The number of hydrogen-bond donors (Lipinski definition) is 1. The summed E-state index contributed by atoms with van der Waals surface area (Å²) in [7, 11) is 1.16. The van der Waals surface area contributed by atoms with E-state index >= 15 is 0 Å². The van der Waals surface area contributed by atoms with Crippen LogP contribution in [0.2, 0.25) is 0 Å². The minimum atomic E-state index is -4.49. The van der Waals surface area contributed by atoms with E-state index < -0.39 is 29.7 Å². The van der Waals surface area contributed by atoms with Gasteiger partial charge in [-0.15, -0.1) is 0 Å². The Morgan fingerprint density at radius 2 is 1.62 bits per heavy atom. The first-order chi connectivity index (χ1) is 13.4. The van der Waals surface area contributed by atoms with Gasteiger partial charge in [0, 0.05) is 12.0 Å². The first-order valence-electron chi connectivity index (χ1n) is 9.07. The van der Waals surface area contributed by atoms with E-state index in [1.165, 1.54) is 12.1 Å². The van der Waals surface area contributed by atoms with Gasteiger partial charge in [-0.1, -0.05) is 51.1 Å². The highest BCUT2D eigenvalue weighted by molar-refractivity contribution is 5.96. The molecule has 2 rings (SSSR count). The lowest BCUT2D eigenvalue weighted by Gasteiger charge is -2.20. The molecular formula is C22H24F3NO3. The summed E-state index contributed by atoms with van der Waals surface area (Å²) < 4.78 is 43.5. The fraction of sp³-hybridized carbons (Fsp3) is 0.364. The quantitative estimate of drug-likeness (QED) is 0.742. The molecule has 0 unspecified atom stereocenters. The van der Waals surface area contributed by atoms with Gasteiger partial charge >= 0.3 is 12.1 Å². The van der Waals surface area contributed by atoms with Crippen LogP contribution in [0.4, 0.5) is 13.2 Å². The molecule has 0 saturated carbocycles. The van der Waals surface area contributed by atoms with Gasteiger partial charge in [0.05, 0.1) is 12.7 Å². The molecule has 2 aromatic carbocycles. The van der Waals surface area contributed by atoms with Crippen LogP contribution in [0.3, 0.4) is 0 Å².